The summed E-state index contributed by atoms with van der Waals surface area (Å²) in [4.78, 5) is 5.04. The number of fused-ring (bicyclic) bond motifs is 1. The summed E-state index contributed by atoms with van der Waals surface area (Å²) in [5.41, 5.74) is 1.46. The number of ether oxygens (including phenoxy) is 1. The summed E-state index contributed by atoms with van der Waals surface area (Å²) in [6.45, 7) is 8.17. The Morgan fingerprint density at radius 1 is 1.21 bits per heavy atom. The Hall–Kier alpha value is -1.10. The van der Waals surface area contributed by atoms with Crippen molar-refractivity contribution in [3.8, 4) is 5.75 Å². The van der Waals surface area contributed by atoms with Gasteiger partial charge in [0.15, 0.2) is 0 Å². The Morgan fingerprint density at radius 3 is 2.67 bits per heavy atom. The molecule has 0 amide bonds. The minimum atomic E-state index is 0.114. The second kappa shape index (κ2) is 6.66. The molecule has 1 N–H and O–H groups in total. The average molecular weight is 329 g/mol. The van der Waals surface area contributed by atoms with Crippen molar-refractivity contribution in [1.82, 2.24) is 15.1 Å². The van der Waals surface area contributed by atoms with Gasteiger partial charge in [0.05, 0.1) is 0 Å². The van der Waals surface area contributed by atoms with Crippen molar-refractivity contribution >= 4 is 0 Å². The number of likely N-dealkylation sites (N-methyl/N-ethyl adjacent to an activating group) is 1. The van der Waals surface area contributed by atoms with E-state index in [2.05, 4.69) is 53.4 Å². The second-order valence-electron chi connectivity index (χ2n) is 8.03. The van der Waals surface area contributed by atoms with Crippen LogP contribution in [-0.4, -0.2) is 61.2 Å². The standard InChI is InChI=1S/C20H31N3O/c1-16(23-12-10-22(2)11-13-23)15-21-18-14-20(8-5-9-20)24-19-7-4-3-6-17(18)19/h3-4,6-7,16,18,21H,5,8-15H2,1-2H3/t16-,18-/m1/s1. The molecule has 2 fully saturated rings. The van der Waals surface area contributed by atoms with Gasteiger partial charge in [-0.3, -0.25) is 4.90 Å². The van der Waals surface area contributed by atoms with Crippen molar-refractivity contribution in [3.05, 3.63) is 29.8 Å². The van der Waals surface area contributed by atoms with Crippen molar-refractivity contribution in [2.75, 3.05) is 39.8 Å². The normalized spacial score (nSPS) is 28.0. The molecule has 4 heteroatoms. The maximum Gasteiger partial charge on any atom is 0.124 e. The molecule has 4 nitrogen and oxygen atoms in total. The van der Waals surface area contributed by atoms with Gasteiger partial charge in [-0.05, 0) is 39.3 Å². The number of nitrogens with one attached hydrogen (secondary N) is 1. The van der Waals surface area contributed by atoms with Gasteiger partial charge in [-0.2, -0.15) is 0 Å². The number of rotatable bonds is 4. The summed E-state index contributed by atoms with van der Waals surface area (Å²) in [7, 11) is 2.22. The van der Waals surface area contributed by atoms with E-state index in [1.807, 2.05) is 0 Å². The van der Waals surface area contributed by atoms with Crippen molar-refractivity contribution in [2.24, 2.45) is 0 Å². The molecule has 132 valence electrons. The van der Waals surface area contributed by atoms with E-state index >= 15 is 0 Å². The molecule has 2 aliphatic heterocycles. The topological polar surface area (TPSA) is 27.7 Å². The summed E-state index contributed by atoms with van der Waals surface area (Å²) >= 11 is 0. The van der Waals surface area contributed by atoms with E-state index < -0.39 is 0 Å². The molecule has 24 heavy (non-hydrogen) atoms. The average Bonchev–Trinajstić information content (AvgIpc) is 2.58. The van der Waals surface area contributed by atoms with Crippen LogP contribution in [0.1, 0.15) is 44.2 Å². The van der Waals surface area contributed by atoms with Gasteiger partial charge in [-0.15, -0.1) is 0 Å². The number of hydrogen-bond donors (Lipinski definition) is 1. The SMILES string of the molecule is C[C@H](CN[C@@H]1CC2(CCC2)Oc2ccccc21)N1CCN(C)CC1. The fraction of sp³-hybridized carbons (Fsp3) is 0.700. The maximum atomic E-state index is 6.36. The van der Waals surface area contributed by atoms with E-state index in [0.29, 0.717) is 12.1 Å². The van der Waals surface area contributed by atoms with Gasteiger partial charge >= 0.3 is 0 Å². The van der Waals surface area contributed by atoms with Crippen LogP contribution in [0.25, 0.3) is 0 Å². The molecule has 1 spiro atoms. The van der Waals surface area contributed by atoms with E-state index in [1.54, 1.807) is 0 Å². The summed E-state index contributed by atoms with van der Waals surface area (Å²) in [5.74, 6) is 1.10. The van der Waals surface area contributed by atoms with Crippen LogP contribution in [0.5, 0.6) is 5.75 Å². The van der Waals surface area contributed by atoms with Crippen LogP contribution < -0.4 is 10.1 Å². The quantitative estimate of drug-likeness (QED) is 0.919. The molecule has 2 heterocycles. The highest BCUT2D eigenvalue weighted by Gasteiger charge is 2.45. The van der Waals surface area contributed by atoms with Crippen LogP contribution >= 0.6 is 0 Å². The zero-order valence-corrected chi connectivity index (χ0v) is 15.1. The Balaban J connectivity index is 1.40. The lowest BCUT2D eigenvalue weighted by molar-refractivity contribution is -0.0375. The molecule has 4 rings (SSSR count). The number of nitrogens with zero attached hydrogens (tertiary/aromatic N) is 2. The van der Waals surface area contributed by atoms with Gasteiger partial charge in [0.2, 0.25) is 0 Å². The van der Waals surface area contributed by atoms with Crippen LogP contribution in [0.3, 0.4) is 0 Å². The highest BCUT2D eigenvalue weighted by Crippen LogP contribution is 2.48. The fourth-order valence-corrected chi connectivity index (χ4v) is 4.38. The molecule has 1 aliphatic carbocycles. The van der Waals surface area contributed by atoms with E-state index in [9.17, 15) is 0 Å². The first-order valence-electron chi connectivity index (χ1n) is 9.59. The van der Waals surface area contributed by atoms with Crippen LogP contribution in [0.4, 0.5) is 0 Å². The molecule has 1 aromatic rings. The zero-order valence-electron chi connectivity index (χ0n) is 15.1. The zero-order chi connectivity index (χ0) is 16.6. The third kappa shape index (κ3) is 3.19. The highest BCUT2D eigenvalue weighted by molar-refractivity contribution is 5.39. The molecule has 0 unspecified atom stereocenters. The predicted molar refractivity (Wildman–Crippen MR) is 97.5 cm³/mol. The van der Waals surface area contributed by atoms with Gasteiger partial charge in [-0.25, -0.2) is 0 Å². The lowest BCUT2D eigenvalue weighted by atomic mass is 9.73. The smallest absolute Gasteiger partial charge is 0.124 e. The monoisotopic (exact) mass is 329 g/mol. The van der Waals surface area contributed by atoms with Gasteiger partial charge in [0.25, 0.3) is 0 Å². The molecule has 3 aliphatic rings. The van der Waals surface area contributed by atoms with Gasteiger partial charge in [0.1, 0.15) is 11.4 Å². The number of piperazine rings is 1. The largest absolute Gasteiger partial charge is 0.487 e. The van der Waals surface area contributed by atoms with Crippen LogP contribution in [0, 0.1) is 0 Å². The maximum absolute atomic E-state index is 6.36. The molecular formula is C20H31N3O. The molecule has 1 aromatic carbocycles. The van der Waals surface area contributed by atoms with Crippen LogP contribution in [-0.2, 0) is 0 Å². The molecule has 1 saturated heterocycles. The number of hydrogen-bond acceptors (Lipinski definition) is 4. The molecule has 1 saturated carbocycles. The summed E-state index contributed by atoms with van der Waals surface area (Å²) in [5, 5.41) is 3.87. The second-order valence-corrected chi connectivity index (χ2v) is 8.03. The first kappa shape index (κ1) is 16.4. The van der Waals surface area contributed by atoms with Crippen LogP contribution in [0.15, 0.2) is 24.3 Å². The summed E-state index contributed by atoms with van der Waals surface area (Å²) < 4.78 is 6.36. The van der Waals surface area contributed by atoms with Crippen molar-refractivity contribution in [3.63, 3.8) is 0 Å². The van der Waals surface area contributed by atoms with Crippen LogP contribution in [0.2, 0.25) is 0 Å². The van der Waals surface area contributed by atoms with Gasteiger partial charge < -0.3 is 15.0 Å². The Kier molecular flexibility index (Phi) is 4.54. The predicted octanol–water partition coefficient (Wildman–Crippen LogP) is 2.66. The van der Waals surface area contributed by atoms with Crippen molar-refractivity contribution in [1.29, 1.82) is 0 Å². The third-order valence-corrected chi connectivity index (χ3v) is 6.28. The van der Waals surface area contributed by atoms with Gasteiger partial charge in [-0.1, -0.05) is 18.2 Å². The van der Waals surface area contributed by atoms with E-state index in [0.717, 1.165) is 18.7 Å². The molecule has 0 bridgehead atoms. The fourth-order valence-electron chi connectivity index (χ4n) is 4.38. The Labute approximate surface area is 146 Å². The van der Waals surface area contributed by atoms with E-state index in [4.69, 9.17) is 4.74 Å². The minimum Gasteiger partial charge on any atom is -0.487 e. The number of para-hydroxylation sites is 1. The van der Waals surface area contributed by atoms with E-state index in [-0.39, 0.29) is 5.60 Å². The highest BCUT2D eigenvalue weighted by atomic mass is 16.5. The Morgan fingerprint density at radius 2 is 1.96 bits per heavy atom. The molecule has 2 atom stereocenters. The molecule has 0 radical (unpaired) electrons. The molecular weight excluding hydrogens is 298 g/mol. The first-order valence-corrected chi connectivity index (χ1v) is 9.59. The molecule has 0 aromatic heterocycles. The van der Waals surface area contributed by atoms with Crippen molar-refractivity contribution < 1.29 is 4.74 Å². The Bertz CT molecular complexity index is 564. The minimum absolute atomic E-state index is 0.114. The van der Waals surface area contributed by atoms with Crippen molar-refractivity contribution in [2.45, 2.75) is 50.3 Å². The number of benzene rings is 1. The summed E-state index contributed by atoms with van der Waals surface area (Å²) in [6, 6.07) is 9.64. The lowest BCUT2D eigenvalue weighted by Gasteiger charge is -2.48. The lowest BCUT2D eigenvalue weighted by Crippen LogP contribution is -2.53. The summed E-state index contributed by atoms with van der Waals surface area (Å²) in [6.07, 6.45) is 4.87. The third-order valence-electron chi connectivity index (χ3n) is 6.28. The van der Waals surface area contributed by atoms with E-state index in [1.165, 1.54) is 51.0 Å². The van der Waals surface area contributed by atoms with Gasteiger partial charge in [0, 0.05) is 56.8 Å². The first-order chi connectivity index (χ1) is 11.7.